The number of nitrogens with one attached hydrogen (secondary N) is 1. The molecule has 0 saturated carbocycles. The van der Waals surface area contributed by atoms with Crippen LogP contribution in [0.5, 0.6) is 0 Å². The lowest BCUT2D eigenvalue weighted by molar-refractivity contribution is 0.213. The molecule has 2 aromatic rings. The zero-order valence-corrected chi connectivity index (χ0v) is 12.0. The van der Waals surface area contributed by atoms with Crippen molar-refractivity contribution in [3.63, 3.8) is 0 Å². The number of likely N-dealkylation sites (tertiary alicyclic amines) is 1. The molecule has 1 aromatic carbocycles. The van der Waals surface area contributed by atoms with Crippen molar-refractivity contribution >= 4 is 22.5 Å². The summed E-state index contributed by atoms with van der Waals surface area (Å²) in [6, 6.07) is 8.63. The molecule has 102 valence electrons. The van der Waals surface area contributed by atoms with Gasteiger partial charge in [0.1, 0.15) is 0 Å². The molecule has 1 saturated heterocycles. The third-order valence-electron chi connectivity index (χ3n) is 4.26. The maximum atomic E-state index is 5.77. The Balaban J connectivity index is 1.68. The lowest BCUT2D eigenvalue weighted by atomic mass is 9.89. The molecule has 2 heterocycles. The quantitative estimate of drug-likeness (QED) is 0.837. The molecule has 0 aliphatic carbocycles. The van der Waals surface area contributed by atoms with Gasteiger partial charge in [-0.05, 0) is 56.4 Å². The van der Waals surface area contributed by atoms with Gasteiger partial charge in [0.2, 0.25) is 0 Å². The molecule has 1 N–H and O–H groups in total. The van der Waals surface area contributed by atoms with Crippen LogP contribution in [0.15, 0.2) is 30.5 Å². The van der Waals surface area contributed by atoms with Gasteiger partial charge in [-0.15, -0.1) is 11.6 Å². The highest BCUT2D eigenvalue weighted by molar-refractivity contribution is 6.17. The summed E-state index contributed by atoms with van der Waals surface area (Å²) >= 11 is 5.77. The van der Waals surface area contributed by atoms with Crippen molar-refractivity contribution < 1.29 is 0 Å². The Morgan fingerprint density at radius 2 is 2.00 bits per heavy atom. The molecule has 0 amide bonds. The first-order valence-corrected chi connectivity index (χ1v) is 7.76. The average molecular weight is 277 g/mol. The molecule has 1 fully saturated rings. The number of hydrogen-bond donors (Lipinski definition) is 1. The molecule has 2 nitrogen and oxygen atoms in total. The van der Waals surface area contributed by atoms with E-state index >= 15 is 0 Å². The molecular weight excluding hydrogens is 256 g/mol. The van der Waals surface area contributed by atoms with E-state index in [1.807, 2.05) is 0 Å². The zero-order chi connectivity index (χ0) is 13.1. The van der Waals surface area contributed by atoms with Crippen molar-refractivity contribution in [3.05, 3.63) is 36.0 Å². The number of hydrogen-bond acceptors (Lipinski definition) is 1. The van der Waals surface area contributed by atoms with Crippen molar-refractivity contribution in [2.45, 2.75) is 25.2 Å². The lowest BCUT2D eigenvalue weighted by Crippen LogP contribution is -2.33. The predicted molar refractivity (Wildman–Crippen MR) is 82.1 cm³/mol. The Hall–Kier alpha value is -0.990. The van der Waals surface area contributed by atoms with Crippen molar-refractivity contribution in [1.82, 2.24) is 9.88 Å². The number of aromatic amines is 1. The van der Waals surface area contributed by atoms with Crippen LogP contribution in [0.1, 0.15) is 30.7 Å². The highest BCUT2D eigenvalue weighted by Gasteiger charge is 2.22. The summed E-state index contributed by atoms with van der Waals surface area (Å²) in [6.07, 6.45) is 5.86. The van der Waals surface area contributed by atoms with Crippen molar-refractivity contribution in [2.75, 3.05) is 25.5 Å². The largest absolute Gasteiger partial charge is 0.361 e. The number of benzene rings is 1. The van der Waals surface area contributed by atoms with Crippen LogP contribution in [0.25, 0.3) is 10.9 Å². The molecule has 1 aliphatic heterocycles. The number of fused-ring (bicyclic) bond motifs is 1. The molecular formula is C16H21ClN2. The first kappa shape index (κ1) is 13.0. The van der Waals surface area contributed by atoms with Crippen molar-refractivity contribution in [1.29, 1.82) is 0 Å². The van der Waals surface area contributed by atoms with E-state index in [0.29, 0.717) is 5.92 Å². The SMILES string of the molecule is ClCCCN1CCC(c2c[nH]c3ccccc23)CC1. The highest BCUT2D eigenvalue weighted by atomic mass is 35.5. The van der Waals surface area contributed by atoms with Gasteiger partial charge in [0, 0.05) is 23.0 Å². The van der Waals surface area contributed by atoms with Gasteiger partial charge in [-0.3, -0.25) is 0 Å². The summed E-state index contributed by atoms with van der Waals surface area (Å²) in [5.74, 6) is 1.49. The van der Waals surface area contributed by atoms with E-state index in [0.717, 1.165) is 18.8 Å². The second-order valence-electron chi connectivity index (χ2n) is 5.45. The van der Waals surface area contributed by atoms with E-state index in [2.05, 4.69) is 40.3 Å². The van der Waals surface area contributed by atoms with Gasteiger partial charge in [-0.2, -0.15) is 0 Å². The Morgan fingerprint density at radius 1 is 1.21 bits per heavy atom. The summed E-state index contributed by atoms with van der Waals surface area (Å²) in [6.45, 7) is 3.58. The van der Waals surface area contributed by atoms with Crippen LogP contribution in [0.2, 0.25) is 0 Å². The van der Waals surface area contributed by atoms with Crippen molar-refractivity contribution in [3.8, 4) is 0 Å². The number of halogens is 1. The lowest BCUT2D eigenvalue weighted by Gasteiger charge is -2.31. The molecule has 19 heavy (non-hydrogen) atoms. The number of piperidine rings is 1. The van der Waals surface area contributed by atoms with Crippen LogP contribution in [0.3, 0.4) is 0 Å². The summed E-state index contributed by atoms with van der Waals surface area (Å²) in [5.41, 5.74) is 2.77. The second-order valence-corrected chi connectivity index (χ2v) is 5.83. The topological polar surface area (TPSA) is 19.0 Å². The minimum Gasteiger partial charge on any atom is -0.361 e. The van der Waals surface area contributed by atoms with Gasteiger partial charge < -0.3 is 9.88 Å². The zero-order valence-electron chi connectivity index (χ0n) is 11.2. The van der Waals surface area contributed by atoms with Gasteiger partial charge in [-0.1, -0.05) is 18.2 Å². The predicted octanol–water partition coefficient (Wildman–Crippen LogP) is 3.98. The molecule has 0 bridgehead atoms. The first-order valence-electron chi connectivity index (χ1n) is 7.23. The highest BCUT2D eigenvalue weighted by Crippen LogP contribution is 2.32. The maximum absolute atomic E-state index is 5.77. The second kappa shape index (κ2) is 5.98. The van der Waals surface area contributed by atoms with Gasteiger partial charge in [0.25, 0.3) is 0 Å². The fourth-order valence-electron chi connectivity index (χ4n) is 3.18. The molecule has 3 heteroatoms. The van der Waals surface area contributed by atoms with E-state index in [4.69, 9.17) is 11.6 Å². The third-order valence-corrected chi connectivity index (χ3v) is 4.52. The van der Waals surface area contributed by atoms with E-state index in [-0.39, 0.29) is 0 Å². The van der Waals surface area contributed by atoms with E-state index in [1.54, 1.807) is 0 Å². The third kappa shape index (κ3) is 2.80. The van der Waals surface area contributed by atoms with E-state index in [9.17, 15) is 0 Å². The molecule has 3 rings (SSSR count). The summed E-state index contributed by atoms with van der Waals surface area (Å²) < 4.78 is 0. The Bertz CT molecular complexity index is 526. The minimum absolute atomic E-state index is 0.711. The summed E-state index contributed by atoms with van der Waals surface area (Å²) in [7, 11) is 0. The van der Waals surface area contributed by atoms with Crippen LogP contribution < -0.4 is 0 Å². The van der Waals surface area contributed by atoms with Crippen LogP contribution in [-0.2, 0) is 0 Å². The monoisotopic (exact) mass is 276 g/mol. The van der Waals surface area contributed by atoms with Gasteiger partial charge >= 0.3 is 0 Å². The summed E-state index contributed by atoms with van der Waals surface area (Å²) in [4.78, 5) is 5.95. The molecule has 1 aliphatic rings. The maximum Gasteiger partial charge on any atom is 0.0456 e. The van der Waals surface area contributed by atoms with Crippen LogP contribution >= 0.6 is 11.6 Å². The fourth-order valence-corrected chi connectivity index (χ4v) is 3.30. The standard InChI is InChI=1S/C16H21ClN2/c17-8-3-9-19-10-6-13(7-11-19)15-12-18-16-5-2-1-4-14(15)16/h1-2,4-5,12-13,18H,3,6-11H2. The molecule has 0 unspecified atom stereocenters. The Labute approximate surface area is 119 Å². The van der Waals surface area contributed by atoms with Gasteiger partial charge in [-0.25, -0.2) is 0 Å². The number of rotatable bonds is 4. The van der Waals surface area contributed by atoms with Crippen LogP contribution in [-0.4, -0.2) is 35.4 Å². The number of H-pyrrole nitrogens is 1. The number of nitrogens with zero attached hydrogens (tertiary/aromatic N) is 1. The Morgan fingerprint density at radius 3 is 2.79 bits per heavy atom. The van der Waals surface area contributed by atoms with Crippen molar-refractivity contribution in [2.24, 2.45) is 0 Å². The molecule has 0 radical (unpaired) electrons. The fraction of sp³-hybridized carbons (Fsp3) is 0.500. The van der Waals surface area contributed by atoms with Crippen LogP contribution in [0, 0.1) is 0 Å². The van der Waals surface area contributed by atoms with Crippen LogP contribution in [0.4, 0.5) is 0 Å². The first-order chi connectivity index (χ1) is 9.38. The van der Waals surface area contributed by atoms with Gasteiger partial charge in [0.05, 0.1) is 0 Å². The summed E-state index contributed by atoms with van der Waals surface area (Å²) in [5, 5.41) is 1.40. The average Bonchev–Trinajstić information content (AvgIpc) is 2.90. The minimum atomic E-state index is 0.711. The van der Waals surface area contributed by atoms with E-state index < -0.39 is 0 Å². The normalized spacial score (nSPS) is 18.2. The number of para-hydroxylation sites is 1. The van der Waals surface area contributed by atoms with Gasteiger partial charge in [0.15, 0.2) is 0 Å². The van der Waals surface area contributed by atoms with E-state index in [1.165, 1.54) is 42.4 Å². The molecule has 0 spiro atoms. The molecule has 0 atom stereocenters. The smallest absolute Gasteiger partial charge is 0.0456 e. The number of alkyl halides is 1. The molecule has 1 aromatic heterocycles. The Kier molecular flexibility index (Phi) is 4.09. The number of aromatic nitrogens is 1.